The average Bonchev–Trinajstić information content (AvgIpc) is 2.60. The molecule has 2 heterocycles. The SMILES string of the molecule is O=C(NCC1CCCS(=O)(=O)C1)N1CCOCC1c1ccccc1. The highest BCUT2D eigenvalue weighted by Crippen LogP contribution is 2.24. The van der Waals surface area contributed by atoms with E-state index in [2.05, 4.69) is 5.32 Å². The van der Waals surface area contributed by atoms with Crippen LogP contribution in [0.1, 0.15) is 24.4 Å². The number of urea groups is 1. The molecule has 0 aliphatic carbocycles. The lowest BCUT2D eigenvalue weighted by Gasteiger charge is -2.36. The summed E-state index contributed by atoms with van der Waals surface area (Å²) in [6.07, 6.45) is 1.54. The van der Waals surface area contributed by atoms with Crippen LogP contribution in [0.15, 0.2) is 30.3 Å². The highest BCUT2D eigenvalue weighted by molar-refractivity contribution is 7.91. The molecule has 2 fully saturated rings. The summed E-state index contributed by atoms with van der Waals surface area (Å²) in [6.45, 7) is 1.95. The fourth-order valence-corrected chi connectivity index (χ4v) is 5.19. The number of sulfone groups is 1. The smallest absolute Gasteiger partial charge is 0.318 e. The van der Waals surface area contributed by atoms with Crippen LogP contribution in [-0.2, 0) is 14.6 Å². The third-order valence-corrected chi connectivity index (χ3v) is 6.56. The van der Waals surface area contributed by atoms with Crippen LogP contribution in [0.3, 0.4) is 0 Å². The van der Waals surface area contributed by atoms with Crippen molar-refractivity contribution in [3.8, 4) is 0 Å². The number of hydrogen-bond donors (Lipinski definition) is 1. The van der Waals surface area contributed by atoms with Crippen LogP contribution in [0.4, 0.5) is 4.79 Å². The fraction of sp³-hybridized carbons (Fsp3) is 0.588. The molecule has 7 heteroatoms. The van der Waals surface area contributed by atoms with Crippen LogP contribution in [0.25, 0.3) is 0 Å². The Labute approximate surface area is 143 Å². The molecule has 0 spiro atoms. The molecule has 1 N–H and O–H groups in total. The van der Waals surface area contributed by atoms with Crippen molar-refractivity contribution < 1.29 is 17.9 Å². The number of ether oxygens (including phenoxy) is 1. The summed E-state index contributed by atoms with van der Waals surface area (Å²) in [6, 6.07) is 9.59. The van der Waals surface area contributed by atoms with Crippen molar-refractivity contribution in [3.05, 3.63) is 35.9 Å². The van der Waals surface area contributed by atoms with Gasteiger partial charge in [-0.05, 0) is 24.3 Å². The predicted octanol–water partition coefficient (Wildman–Crippen LogP) is 1.59. The number of rotatable bonds is 3. The van der Waals surface area contributed by atoms with Crippen LogP contribution in [0.2, 0.25) is 0 Å². The lowest BCUT2D eigenvalue weighted by atomic mass is 10.0. The van der Waals surface area contributed by atoms with Gasteiger partial charge >= 0.3 is 6.03 Å². The monoisotopic (exact) mass is 352 g/mol. The standard InChI is InChI=1S/C17H24N2O4S/c20-17(18-11-14-5-4-10-24(21,22)13-14)19-8-9-23-12-16(19)15-6-2-1-3-7-15/h1-3,6-7,14,16H,4-5,8-13H2,(H,18,20). The van der Waals surface area contributed by atoms with E-state index in [1.54, 1.807) is 4.90 Å². The summed E-state index contributed by atoms with van der Waals surface area (Å²) in [4.78, 5) is 14.4. The van der Waals surface area contributed by atoms with Crippen molar-refractivity contribution in [2.24, 2.45) is 5.92 Å². The predicted molar refractivity (Wildman–Crippen MR) is 91.5 cm³/mol. The molecular weight excluding hydrogens is 328 g/mol. The maximum absolute atomic E-state index is 12.6. The van der Waals surface area contributed by atoms with Crippen molar-refractivity contribution in [1.82, 2.24) is 10.2 Å². The van der Waals surface area contributed by atoms with Crippen LogP contribution >= 0.6 is 0 Å². The second-order valence-corrected chi connectivity index (χ2v) is 8.73. The van der Waals surface area contributed by atoms with Gasteiger partial charge < -0.3 is 15.0 Å². The third-order valence-electron chi connectivity index (χ3n) is 4.67. The van der Waals surface area contributed by atoms with E-state index >= 15 is 0 Å². The molecule has 132 valence electrons. The summed E-state index contributed by atoms with van der Waals surface area (Å²) in [5.74, 6) is 0.471. The van der Waals surface area contributed by atoms with Gasteiger partial charge in [0.15, 0.2) is 9.84 Å². The van der Waals surface area contributed by atoms with E-state index in [0.717, 1.165) is 12.0 Å². The summed E-state index contributed by atoms with van der Waals surface area (Å²) < 4.78 is 28.9. The number of hydrogen-bond acceptors (Lipinski definition) is 4. The zero-order valence-electron chi connectivity index (χ0n) is 13.7. The molecular formula is C17H24N2O4S. The van der Waals surface area contributed by atoms with Gasteiger partial charge in [0.2, 0.25) is 0 Å². The van der Waals surface area contributed by atoms with Gasteiger partial charge in [-0.1, -0.05) is 30.3 Å². The van der Waals surface area contributed by atoms with Crippen molar-refractivity contribution in [2.45, 2.75) is 18.9 Å². The number of nitrogens with one attached hydrogen (secondary N) is 1. The molecule has 2 saturated heterocycles. The Bertz CT molecular complexity index is 662. The second kappa shape index (κ2) is 7.53. The molecule has 2 aliphatic heterocycles. The number of carbonyl (C=O) groups excluding carboxylic acids is 1. The maximum Gasteiger partial charge on any atom is 0.318 e. The first kappa shape index (κ1) is 17.2. The molecule has 2 atom stereocenters. The Balaban J connectivity index is 1.60. The van der Waals surface area contributed by atoms with E-state index in [0.29, 0.717) is 32.7 Å². The van der Waals surface area contributed by atoms with Crippen molar-refractivity contribution in [1.29, 1.82) is 0 Å². The Morgan fingerprint density at radius 1 is 1.29 bits per heavy atom. The molecule has 0 saturated carbocycles. The highest BCUT2D eigenvalue weighted by Gasteiger charge is 2.30. The van der Waals surface area contributed by atoms with E-state index < -0.39 is 9.84 Å². The number of benzene rings is 1. The van der Waals surface area contributed by atoms with Gasteiger partial charge in [0.1, 0.15) is 0 Å². The molecule has 6 nitrogen and oxygen atoms in total. The summed E-state index contributed by atoms with van der Waals surface area (Å²) in [5, 5.41) is 2.93. The third kappa shape index (κ3) is 4.27. The van der Waals surface area contributed by atoms with E-state index in [1.807, 2.05) is 30.3 Å². The first-order chi connectivity index (χ1) is 11.6. The Kier molecular flexibility index (Phi) is 5.40. The highest BCUT2D eigenvalue weighted by atomic mass is 32.2. The Morgan fingerprint density at radius 3 is 2.83 bits per heavy atom. The molecule has 0 aromatic heterocycles. The number of nitrogens with zero attached hydrogens (tertiary/aromatic N) is 1. The van der Waals surface area contributed by atoms with Crippen molar-refractivity contribution in [2.75, 3.05) is 37.8 Å². The molecule has 0 radical (unpaired) electrons. The molecule has 3 rings (SSSR count). The van der Waals surface area contributed by atoms with Gasteiger partial charge in [-0.15, -0.1) is 0 Å². The first-order valence-electron chi connectivity index (χ1n) is 8.43. The average molecular weight is 352 g/mol. The van der Waals surface area contributed by atoms with E-state index in [4.69, 9.17) is 4.74 Å². The molecule has 24 heavy (non-hydrogen) atoms. The molecule has 2 amide bonds. The lowest BCUT2D eigenvalue weighted by molar-refractivity contribution is 0.0115. The van der Waals surface area contributed by atoms with Crippen LogP contribution < -0.4 is 5.32 Å². The largest absolute Gasteiger partial charge is 0.377 e. The van der Waals surface area contributed by atoms with Gasteiger partial charge in [0, 0.05) is 13.1 Å². The summed E-state index contributed by atoms with van der Waals surface area (Å²) >= 11 is 0. The normalized spacial score (nSPS) is 26.8. The van der Waals surface area contributed by atoms with Crippen molar-refractivity contribution in [3.63, 3.8) is 0 Å². The van der Waals surface area contributed by atoms with Crippen LogP contribution in [-0.4, -0.2) is 57.2 Å². The van der Waals surface area contributed by atoms with Crippen LogP contribution in [0, 0.1) is 5.92 Å². The maximum atomic E-state index is 12.6. The molecule has 0 bridgehead atoms. The summed E-state index contributed by atoms with van der Waals surface area (Å²) in [5.41, 5.74) is 1.05. The van der Waals surface area contributed by atoms with Gasteiger partial charge in [0.05, 0.1) is 30.8 Å². The lowest BCUT2D eigenvalue weighted by Crippen LogP contribution is -2.49. The van der Waals surface area contributed by atoms with Gasteiger partial charge in [-0.2, -0.15) is 0 Å². The molecule has 1 aromatic carbocycles. The van der Waals surface area contributed by atoms with Gasteiger partial charge in [-0.3, -0.25) is 0 Å². The minimum absolute atomic E-state index is 0.0175. The van der Waals surface area contributed by atoms with E-state index in [9.17, 15) is 13.2 Å². The topological polar surface area (TPSA) is 75.7 Å². The van der Waals surface area contributed by atoms with E-state index in [1.165, 1.54) is 0 Å². The van der Waals surface area contributed by atoms with Gasteiger partial charge in [0.25, 0.3) is 0 Å². The van der Waals surface area contributed by atoms with E-state index in [-0.39, 0.29) is 29.5 Å². The number of amides is 2. The molecule has 2 unspecified atom stereocenters. The fourth-order valence-electron chi connectivity index (χ4n) is 3.41. The van der Waals surface area contributed by atoms with Gasteiger partial charge in [-0.25, -0.2) is 13.2 Å². The molecule has 1 aromatic rings. The zero-order valence-corrected chi connectivity index (χ0v) is 14.5. The Morgan fingerprint density at radius 2 is 2.08 bits per heavy atom. The zero-order chi connectivity index (χ0) is 17.0. The molecule has 2 aliphatic rings. The summed E-state index contributed by atoms with van der Waals surface area (Å²) in [7, 11) is -2.94. The quantitative estimate of drug-likeness (QED) is 0.896. The Hall–Kier alpha value is -1.60. The number of carbonyl (C=O) groups is 1. The van der Waals surface area contributed by atoms with Crippen molar-refractivity contribution >= 4 is 15.9 Å². The minimum atomic E-state index is -2.94. The van der Waals surface area contributed by atoms with Crippen LogP contribution in [0.5, 0.6) is 0 Å². The second-order valence-electron chi connectivity index (χ2n) is 6.50. The number of morpholine rings is 1. The minimum Gasteiger partial charge on any atom is -0.377 e. The first-order valence-corrected chi connectivity index (χ1v) is 10.2.